The van der Waals surface area contributed by atoms with Gasteiger partial charge in [0.2, 0.25) is 0 Å². The van der Waals surface area contributed by atoms with Gasteiger partial charge in [-0.15, -0.1) is 0 Å². The average Bonchev–Trinajstić information content (AvgIpc) is 3.07. The van der Waals surface area contributed by atoms with Crippen molar-refractivity contribution < 1.29 is 13.9 Å². The monoisotopic (exact) mass is 282 g/mol. The molecule has 0 aromatic carbocycles. The Morgan fingerprint density at radius 2 is 2.47 bits per heavy atom. The fourth-order valence-corrected chi connectivity index (χ4v) is 2.47. The Morgan fingerprint density at radius 3 is 3.21 bits per heavy atom. The normalized spacial score (nSPS) is 21.6. The van der Waals surface area contributed by atoms with Gasteiger partial charge in [0.05, 0.1) is 29.6 Å². The maximum absolute atomic E-state index is 14.0. The first-order valence-electron chi connectivity index (χ1n) is 6.10. The van der Waals surface area contributed by atoms with Crippen LogP contribution in [0.4, 0.5) is 4.39 Å². The van der Waals surface area contributed by atoms with Crippen LogP contribution < -0.4 is 0 Å². The summed E-state index contributed by atoms with van der Waals surface area (Å²) in [6, 6.07) is 1.48. The maximum atomic E-state index is 14.0. The summed E-state index contributed by atoms with van der Waals surface area (Å²) in [5.74, 6) is -1.02. The third-order valence-corrected chi connectivity index (χ3v) is 3.64. The standard InChI is InChI=1S/C13H12ClFN2O2/c1-2-19-13(18)8-5-7(8)11-12-10(15)9(14)3-4-17(12)6-16-11/h3-4,6-8H,2,5H2,1H3/t7-,8-/m0/s1. The highest BCUT2D eigenvalue weighted by Gasteiger charge is 2.47. The summed E-state index contributed by atoms with van der Waals surface area (Å²) < 4.78 is 20.6. The Hall–Kier alpha value is -1.62. The number of pyridine rings is 1. The van der Waals surface area contributed by atoms with E-state index in [-0.39, 0.29) is 22.8 Å². The van der Waals surface area contributed by atoms with E-state index in [0.29, 0.717) is 24.2 Å². The second-order valence-electron chi connectivity index (χ2n) is 4.56. The van der Waals surface area contributed by atoms with Gasteiger partial charge in [0.25, 0.3) is 0 Å². The summed E-state index contributed by atoms with van der Waals surface area (Å²) >= 11 is 5.78. The Labute approximate surface area is 114 Å². The Bertz CT molecular complexity index is 655. The van der Waals surface area contributed by atoms with Crippen LogP contribution >= 0.6 is 11.6 Å². The molecule has 0 unspecified atom stereocenters. The summed E-state index contributed by atoms with van der Waals surface area (Å²) in [7, 11) is 0. The zero-order valence-corrected chi connectivity index (χ0v) is 11.0. The quantitative estimate of drug-likeness (QED) is 0.813. The molecule has 0 N–H and O–H groups in total. The molecule has 6 heteroatoms. The molecule has 0 saturated heterocycles. The molecular weight excluding hydrogens is 271 g/mol. The van der Waals surface area contributed by atoms with E-state index in [1.165, 1.54) is 12.4 Å². The topological polar surface area (TPSA) is 43.6 Å². The summed E-state index contributed by atoms with van der Waals surface area (Å²) in [4.78, 5) is 15.8. The lowest BCUT2D eigenvalue weighted by molar-refractivity contribution is -0.144. The number of nitrogens with zero attached hydrogens (tertiary/aromatic N) is 2. The molecule has 1 aliphatic rings. The molecule has 1 fully saturated rings. The zero-order valence-electron chi connectivity index (χ0n) is 10.3. The average molecular weight is 283 g/mol. The van der Waals surface area contributed by atoms with E-state index in [1.807, 2.05) is 0 Å². The fourth-order valence-electron chi connectivity index (χ4n) is 2.32. The molecule has 3 rings (SSSR count). The first-order valence-corrected chi connectivity index (χ1v) is 6.48. The Balaban J connectivity index is 1.95. The molecule has 100 valence electrons. The van der Waals surface area contributed by atoms with Gasteiger partial charge in [0.15, 0.2) is 5.82 Å². The number of rotatable bonds is 3. The molecule has 2 aromatic heterocycles. The van der Waals surface area contributed by atoms with Gasteiger partial charge in [0, 0.05) is 12.1 Å². The highest BCUT2D eigenvalue weighted by Crippen LogP contribution is 2.49. The number of halogens is 2. The molecule has 2 heterocycles. The van der Waals surface area contributed by atoms with E-state index in [0.717, 1.165) is 0 Å². The minimum Gasteiger partial charge on any atom is -0.466 e. The van der Waals surface area contributed by atoms with Crippen molar-refractivity contribution in [3.63, 3.8) is 0 Å². The van der Waals surface area contributed by atoms with Crippen LogP contribution in [0.3, 0.4) is 0 Å². The second-order valence-corrected chi connectivity index (χ2v) is 4.97. The summed E-state index contributed by atoms with van der Waals surface area (Å²) in [5.41, 5.74) is 0.933. The third-order valence-electron chi connectivity index (χ3n) is 3.35. The molecule has 0 radical (unpaired) electrons. The van der Waals surface area contributed by atoms with Crippen LogP contribution in [0.25, 0.3) is 5.52 Å². The molecule has 2 aromatic rings. The molecule has 0 bridgehead atoms. The molecule has 0 amide bonds. The highest BCUT2D eigenvalue weighted by atomic mass is 35.5. The largest absolute Gasteiger partial charge is 0.466 e. The van der Waals surface area contributed by atoms with Gasteiger partial charge in [-0.2, -0.15) is 0 Å². The van der Waals surface area contributed by atoms with E-state index >= 15 is 0 Å². The summed E-state index contributed by atoms with van der Waals surface area (Å²) in [5, 5.41) is 0.0579. The van der Waals surface area contributed by atoms with Crippen LogP contribution in [0.2, 0.25) is 5.02 Å². The van der Waals surface area contributed by atoms with E-state index in [1.54, 1.807) is 17.5 Å². The second kappa shape index (κ2) is 4.49. The minimum atomic E-state index is -0.494. The van der Waals surface area contributed by atoms with Gasteiger partial charge in [-0.3, -0.25) is 4.79 Å². The number of aromatic nitrogens is 2. The van der Waals surface area contributed by atoms with Gasteiger partial charge in [-0.05, 0) is 19.4 Å². The van der Waals surface area contributed by atoms with Gasteiger partial charge in [-0.1, -0.05) is 11.6 Å². The summed E-state index contributed by atoms with van der Waals surface area (Å²) in [6.45, 7) is 2.12. The molecule has 4 nitrogen and oxygen atoms in total. The van der Waals surface area contributed by atoms with Crippen molar-refractivity contribution in [1.29, 1.82) is 0 Å². The van der Waals surface area contributed by atoms with Crippen molar-refractivity contribution in [2.45, 2.75) is 19.3 Å². The Morgan fingerprint density at radius 1 is 1.68 bits per heavy atom. The van der Waals surface area contributed by atoms with Crippen molar-refractivity contribution in [1.82, 2.24) is 9.38 Å². The molecule has 1 saturated carbocycles. The van der Waals surface area contributed by atoms with Crippen LogP contribution in [0.15, 0.2) is 18.6 Å². The van der Waals surface area contributed by atoms with Gasteiger partial charge >= 0.3 is 5.97 Å². The van der Waals surface area contributed by atoms with Crippen LogP contribution in [0, 0.1) is 11.7 Å². The zero-order chi connectivity index (χ0) is 13.6. The number of imidazole rings is 1. The van der Waals surface area contributed by atoms with Gasteiger partial charge in [0.1, 0.15) is 5.52 Å². The predicted octanol–water partition coefficient (Wildman–Crippen LogP) is 2.79. The number of hydrogen-bond donors (Lipinski definition) is 0. The minimum absolute atomic E-state index is 0.0579. The molecular formula is C13H12ClFN2O2. The van der Waals surface area contributed by atoms with Crippen LogP contribution in [-0.2, 0) is 9.53 Å². The van der Waals surface area contributed by atoms with E-state index in [2.05, 4.69) is 4.98 Å². The SMILES string of the molecule is CCOC(=O)[C@H]1C[C@@H]1c1ncn2ccc(Cl)c(F)c12. The van der Waals surface area contributed by atoms with E-state index in [9.17, 15) is 9.18 Å². The number of carbonyl (C=O) groups excluding carboxylic acids is 1. The lowest BCUT2D eigenvalue weighted by Crippen LogP contribution is -2.07. The molecule has 19 heavy (non-hydrogen) atoms. The molecule has 2 atom stereocenters. The van der Waals surface area contributed by atoms with E-state index in [4.69, 9.17) is 16.3 Å². The third kappa shape index (κ3) is 1.98. The van der Waals surface area contributed by atoms with Crippen molar-refractivity contribution >= 4 is 23.1 Å². The molecule has 0 aliphatic heterocycles. The van der Waals surface area contributed by atoms with Gasteiger partial charge in [-0.25, -0.2) is 9.37 Å². The fraction of sp³-hybridized carbons (Fsp3) is 0.385. The van der Waals surface area contributed by atoms with Crippen LogP contribution in [-0.4, -0.2) is 22.0 Å². The number of ether oxygens (including phenoxy) is 1. The first-order chi connectivity index (χ1) is 9.13. The number of fused-ring (bicyclic) bond motifs is 1. The van der Waals surface area contributed by atoms with Crippen molar-refractivity contribution in [3.05, 3.63) is 35.1 Å². The lowest BCUT2D eigenvalue weighted by Gasteiger charge is -2.02. The Kier molecular flexibility index (Phi) is 2.93. The predicted molar refractivity (Wildman–Crippen MR) is 67.6 cm³/mol. The molecule has 0 spiro atoms. The number of carbonyl (C=O) groups is 1. The summed E-state index contributed by atoms with van der Waals surface area (Å²) in [6.07, 6.45) is 3.83. The van der Waals surface area contributed by atoms with Crippen molar-refractivity contribution in [2.75, 3.05) is 6.61 Å². The van der Waals surface area contributed by atoms with Gasteiger partial charge < -0.3 is 9.14 Å². The van der Waals surface area contributed by atoms with Crippen LogP contribution in [0.5, 0.6) is 0 Å². The van der Waals surface area contributed by atoms with Crippen molar-refractivity contribution in [2.24, 2.45) is 5.92 Å². The smallest absolute Gasteiger partial charge is 0.309 e. The van der Waals surface area contributed by atoms with E-state index < -0.39 is 5.82 Å². The highest BCUT2D eigenvalue weighted by molar-refractivity contribution is 6.31. The van der Waals surface area contributed by atoms with Crippen molar-refractivity contribution in [3.8, 4) is 0 Å². The number of esters is 1. The number of hydrogen-bond acceptors (Lipinski definition) is 3. The first kappa shape index (κ1) is 12.4. The molecule has 1 aliphatic carbocycles. The lowest BCUT2D eigenvalue weighted by atomic mass is 10.2. The van der Waals surface area contributed by atoms with Crippen LogP contribution in [0.1, 0.15) is 25.0 Å². The maximum Gasteiger partial charge on any atom is 0.309 e.